The van der Waals surface area contributed by atoms with Gasteiger partial charge in [-0.25, -0.2) is 0 Å². The fraction of sp³-hybridized carbons (Fsp3) is 0.290. The van der Waals surface area contributed by atoms with E-state index in [0.717, 1.165) is 27.6 Å². The Labute approximate surface area is 218 Å². The fourth-order valence-corrected chi connectivity index (χ4v) is 5.19. The second-order valence-corrected chi connectivity index (χ2v) is 10.9. The molecule has 186 valence electrons. The molecule has 0 fully saturated rings. The van der Waals surface area contributed by atoms with Crippen LogP contribution in [0.1, 0.15) is 45.9 Å². The van der Waals surface area contributed by atoms with Crippen LogP contribution in [0, 0.1) is 12.8 Å². The molecular weight excluding hydrogens is 464 g/mol. The lowest BCUT2D eigenvalue weighted by atomic mass is 10.0. The summed E-state index contributed by atoms with van der Waals surface area (Å²) < 4.78 is 0. The van der Waals surface area contributed by atoms with Gasteiger partial charge in [-0.15, -0.1) is 11.3 Å². The van der Waals surface area contributed by atoms with Crippen molar-refractivity contribution in [1.82, 2.24) is 9.80 Å². The third-order valence-corrected chi connectivity index (χ3v) is 7.54. The quantitative estimate of drug-likeness (QED) is 0.238. The van der Waals surface area contributed by atoms with Crippen molar-refractivity contribution < 1.29 is 9.59 Å². The van der Waals surface area contributed by atoms with E-state index >= 15 is 0 Å². The average Bonchev–Trinajstić information content (AvgIpc) is 3.32. The second-order valence-electron chi connectivity index (χ2n) is 9.51. The molecule has 0 radical (unpaired) electrons. The van der Waals surface area contributed by atoms with Crippen LogP contribution in [0.5, 0.6) is 0 Å². The van der Waals surface area contributed by atoms with Gasteiger partial charge in [-0.2, -0.15) is 0 Å². The number of hydrogen-bond acceptors (Lipinski definition) is 3. The molecule has 5 heteroatoms. The lowest BCUT2D eigenvalue weighted by Gasteiger charge is -2.29. The predicted molar refractivity (Wildman–Crippen MR) is 149 cm³/mol. The van der Waals surface area contributed by atoms with Crippen LogP contribution in [0.15, 0.2) is 84.9 Å². The van der Waals surface area contributed by atoms with Crippen LogP contribution in [-0.4, -0.2) is 34.7 Å². The Kier molecular flexibility index (Phi) is 8.55. The number of rotatable bonds is 10. The number of amides is 2. The van der Waals surface area contributed by atoms with Crippen LogP contribution >= 0.6 is 11.3 Å². The predicted octanol–water partition coefficient (Wildman–Crippen LogP) is 6.93. The highest BCUT2D eigenvalue weighted by Crippen LogP contribution is 2.21. The Balaban J connectivity index is 1.58. The van der Waals surface area contributed by atoms with Gasteiger partial charge >= 0.3 is 0 Å². The SMILES string of the molecule is CCC(C)CN(CC(=O)N(Cc1ccccc1)Cc1ccc(C)s1)C(=O)c1ccc2ccccc2c1. The molecule has 0 saturated heterocycles. The number of hydrogen-bond donors (Lipinski definition) is 0. The molecule has 1 heterocycles. The molecule has 4 rings (SSSR count). The highest BCUT2D eigenvalue weighted by Gasteiger charge is 2.24. The first-order valence-electron chi connectivity index (χ1n) is 12.6. The number of benzene rings is 3. The van der Waals surface area contributed by atoms with Gasteiger partial charge in [0.1, 0.15) is 6.54 Å². The number of carbonyl (C=O) groups excluding carboxylic acids is 2. The molecule has 0 aliphatic heterocycles. The zero-order chi connectivity index (χ0) is 25.5. The number of nitrogens with zero attached hydrogens (tertiary/aromatic N) is 2. The lowest BCUT2D eigenvalue weighted by molar-refractivity contribution is -0.133. The monoisotopic (exact) mass is 498 g/mol. The molecule has 2 amide bonds. The summed E-state index contributed by atoms with van der Waals surface area (Å²) in [6.45, 7) is 7.98. The van der Waals surface area contributed by atoms with E-state index < -0.39 is 0 Å². The van der Waals surface area contributed by atoms with Crippen molar-refractivity contribution in [2.24, 2.45) is 5.92 Å². The van der Waals surface area contributed by atoms with Gasteiger partial charge in [0.15, 0.2) is 0 Å². The molecule has 36 heavy (non-hydrogen) atoms. The van der Waals surface area contributed by atoms with E-state index in [-0.39, 0.29) is 18.4 Å². The third kappa shape index (κ3) is 6.61. The third-order valence-electron chi connectivity index (χ3n) is 6.55. The minimum Gasteiger partial charge on any atom is -0.332 e. The summed E-state index contributed by atoms with van der Waals surface area (Å²) in [7, 11) is 0. The van der Waals surface area contributed by atoms with Gasteiger partial charge < -0.3 is 9.80 Å². The number of aryl methyl sites for hydroxylation is 1. The van der Waals surface area contributed by atoms with Crippen molar-refractivity contribution in [3.05, 3.63) is 106 Å². The van der Waals surface area contributed by atoms with Gasteiger partial charge in [-0.3, -0.25) is 9.59 Å². The van der Waals surface area contributed by atoms with E-state index in [1.54, 1.807) is 16.2 Å². The highest BCUT2D eigenvalue weighted by atomic mass is 32.1. The molecule has 1 aromatic heterocycles. The summed E-state index contributed by atoms with van der Waals surface area (Å²) in [5, 5.41) is 2.12. The maximum Gasteiger partial charge on any atom is 0.254 e. The van der Waals surface area contributed by atoms with Gasteiger partial charge in [0.2, 0.25) is 5.91 Å². The van der Waals surface area contributed by atoms with E-state index in [1.807, 2.05) is 77.7 Å². The maximum atomic E-state index is 13.7. The normalized spacial score (nSPS) is 11.9. The van der Waals surface area contributed by atoms with E-state index in [2.05, 4.69) is 32.9 Å². The maximum absolute atomic E-state index is 13.7. The molecular formula is C31H34N2O2S. The first-order valence-corrected chi connectivity index (χ1v) is 13.4. The fourth-order valence-electron chi connectivity index (χ4n) is 4.29. The molecule has 0 spiro atoms. The molecule has 1 atom stereocenters. The van der Waals surface area contributed by atoms with Gasteiger partial charge in [0.25, 0.3) is 5.91 Å². The van der Waals surface area contributed by atoms with Crippen molar-refractivity contribution in [2.45, 2.75) is 40.3 Å². The standard InChI is InChI=1S/C31H34N2O2S/c1-4-23(2)19-33(31(35)28-16-15-26-12-8-9-13-27(26)18-28)22-30(34)32(20-25-10-6-5-7-11-25)21-29-17-14-24(3)36-29/h5-18,23H,4,19-22H2,1-3H3. The number of thiophene rings is 1. The molecule has 0 bridgehead atoms. The first kappa shape index (κ1) is 25.6. The van der Waals surface area contributed by atoms with Gasteiger partial charge in [-0.05, 0) is 53.4 Å². The molecule has 1 unspecified atom stereocenters. The average molecular weight is 499 g/mol. The summed E-state index contributed by atoms with van der Waals surface area (Å²) in [4.78, 5) is 33.4. The van der Waals surface area contributed by atoms with E-state index in [1.165, 1.54) is 4.88 Å². The Morgan fingerprint density at radius 1 is 0.833 bits per heavy atom. The smallest absolute Gasteiger partial charge is 0.254 e. The van der Waals surface area contributed by atoms with Gasteiger partial charge in [0.05, 0.1) is 6.54 Å². The van der Waals surface area contributed by atoms with Crippen LogP contribution in [0.2, 0.25) is 0 Å². The van der Waals surface area contributed by atoms with Crippen molar-refractivity contribution in [3.63, 3.8) is 0 Å². The number of fused-ring (bicyclic) bond motifs is 1. The molecule has 0 aliphatic rings. The molecule has 0 N–H and O–H groups in total. The molecule has 3 aromatic carbocycles. The minimum atomic E-state index is -0.0963. The van der Waals surface area contributed by atoms with Crippen LogP contribution in [0.3, 0.4) is 0 Å². The summed E-state index contributed by atoms with van der Waals surface area (Å²) in [6.07, 6.45) is 0.942. The van der Waals surface area contributed by atoms with E-state index in [0.29, 0.717) is 31.1 Å². The Bertz CT molecular complexity index is 1310. The van der Waals surface area contributed by atoms with E-state index in [9.17, 15) is 9.59 Å². The van der Waals surface area contributed by atoms with Crippen LogP contribution in [0.25, 0.3) is 10.8 Å². The Morgan fingerprint density at radius 2 is 1.56 bits per heavy atom. The molecule has 4 nitrogen and oxygen atoms in total. The van der Waals surface area contributed by atoms with Crippen molar-refractivity contribution in [1.29, 1.82) is 0 Å². The summed E-state index contributed by atoms with van der Waals surface area (Å²) in [5.74, 6) is 0.160. The largest absolute Gasteiger partial charge is 0.332 e. The minimum absolute atomic E-state index is 0.0395. The van der Waals surface area contributed by atoms with Crippen LogP contribution < -0.4 is 0 Å². The number of carbonyl (C=O) groups is 2. The Morgan fingerprint density at radius 3 is 2.25 bits per heavy atom. The molecule has 0 aliphatic carbocycles. The van der Waals surface area contributed by atoms with Gasteiger partial charge in [0, 0.05) is 28.4 Å². The van der Waals surface area contributed by atoms with Crippen LogP contribution in [-0.2, 0) is 17.9 Å². The van der Waals surface area contributed by atoms with Gasteiger partial charge in [-0.1, -0.05) is 80.9 Å². The van der Waals surface area contributed by atoms with Crippen molar-refractivity contribution in [2.75, 3.05) is 13.1 Å². The summed E-state index contributed by atoms with van der Waals surface area (Å²) in [5.41, 5.74) is 1.70. The second kappa shape index (κ2) is 12.0. The topological polar surface area (TPSA) is 40.6 Å². The Hall–Kier alpha value is -3.44. The summed E-state index contributed by atoms with van der Waals surface area (Å²) in [6, 6.07) is 28.0. The summed E-state index contributed by atoms with van der Waals surface area (Å²) >= 11 is 1.71. The van der Waals surface area contributed by atoms with Crippen molar-refractivity contribution >= 4 is 33.9 Å². The van der Waals surface area contributed by atoms with E-state index in [4.69, 9.17) is 0 Å². The molecule has 4 aromatic rings. The zero-order valence-electron chi connectivity index (χ0n) is 21.3. The first-order chi connectivity index (χ1) is 17.4. The van der Waals surface area contributed by atoms with Crippen LogP contribution in [0.4, 0.5) is 0 Å². The molecule has 0 saturated carbocycles. The van der Waals surface area contributed by atoms with Crippen molar-refractivity contribution in [3.8, 4) is 0 Å². The lowest BCUT2D eigenvalue weighted by Crippen LogP contribution is -2.44. The zero-order valence-corrected chi connectivity index (χ0v) is 22.1. The highest BCUT2D eigenvalue weighted by molar-refractivity contribution is 7.11.